The number of carbonyl (C=O) groups excluding carboxylic acids is 1. The number of nitrogens with zero attached hydrogens (tertiary/aromatic N) is 2. The van der Waals surface area contributed by atoms with E-state index in [0.29, 0.717) is 22.5 Å². The van der Waals surface area contributed by atoms with Gasteiger partial charge in [0.05, 0.1) is 23.3 Å². The van der Waals surface area contributed by atoms with E-state index in [0.717, 1.165) is 11.1 Å². The van der Waals surface area contributed by atoms with Crippen LogP contribution in [0.15, 0.2) is 60.4 Å². The lowest BCUT2D eigenvalue weighted by atomic mass is 10.0. The van der Waals surface area contributed by atoms with Crippen molar-refractivity contribution >= 4 is 17.6 Å². The van der Waals surface area contributed by atoms with Crippen LogP contribution in [0.2, 0.25) is 0 Å². The van der Waals surface area contributed by atoms with Crippen molar-refractivity contribution in [1.82, 2.24) is 0 Å². The third-order valence-corrected chi connectivity index (χ3v) is 3.40. The highest BCUT2D eigenvalue weighted by Gasteiger charge is 2.21. The fraction of sp³-hybridized carbons (Fsp3) is 0. The summed E-state index contributed by atoms with van der Waals surface area (Å²) in [6, 6.07) is 18.0. The van der Waals surface area contributed by atoms with Gasteiger partial charge in [-0.25, -0.2) is 4.79 Å². The smallest absolute Gasteiger partial charge is 0.336 e. The molecule has 0 atom stereocenters. The van der Waals surface area contributed by atoms with Crippen molar-refractivity contribution in [3.63, 3.8) is 0 Å². The van der Waals surface area contributed by atoms with Gasteiger partial charge in [0.25, 0.3) is 0 Å². The highest BCUT2D eigenvalue weighted by molar-refractivity contribution is 6.03. The maximum atomic E-state index is 11.6. The Hall–Kier alpha value is -3.63. The van der Waals surface area contributed by atoms with E-state index in [4.69, 9.17) is 15.3 Å². The molecule has 23 heavy (non-hydrogen) atoms. The van der Waals surface area contributed by atoms with E-state index >= 15 is 0 Å². The summed E-state index contributed by atoms with van der Waals surface area (Å²) < 4.78 is 5.24. The molecule has 2 aromatic rings. The lowest BCUT2D eigenvalue weighted by Crippen LogP contribution is -1.92. The summed E-state index contributed by atoms with van der Waals surface area (Å²) in [4.78, 5) is 11.6. The van der Waals surface area contributed by atoms with E-state index in [1.165, 1.54) is 6.08 Å². The summed E-state index contributed by atoms with van der Waals surface area (Å²) in [5, 5.41) is 17.7. The molecule has 0 aromatic heterocycles. The Balaban J connectivity index is 1.96. The second kappa shape index (κ2) is 6.01. The molecule has 1 heterocycles. The minimum Gasteiger partial charge on any atom is -0.423 e. The van der Waals surface area contributed by atoms with Gasteiger partial charge in [-0.15, -0.1) is 0 Å². The summed E-state index contributed by atoms with van der Waals surface area (Å²) in [5.74, 6) is 0.0219. The first-order valence-electron chi connectivity index (χ1n) is 6.86. The molecule has 3 rings (SSSR count). The first kappa shape index (κ1) is 14.3. The maximum Gasteiger partial charge on any atom is 0.336 e. The number of ether oxygens (including phenoxy) is 1. The molecule has 1 aliphatic heterocycles. The van der Waals surface area contributed by atoms with Gasteiger partial charge < -0.3 is 4.74 Å². The molecule has 0 N–H and O–H groups in total. The van der Waals surface area contributed by atoms with Gasteiger partial charge in [-0.2, -0.15) is 10.5 Å². The fourth-order valence-electron chi connectivity index (χ4n) is 2.24. The Morgan fingerprint density at radius 1 is 0.870 bits per heavy atom. The predicted molar refractivity (Wildman–Crippen MR) is 84.4 cm³/mol. The van der Waals surface area contributed by atoms with E-state index in [-0.39, 0.29) is 0 Å². The van der Waals surface area contributed by atoms with Gasteiger partial charge >= 0.3 is 5.97 Å². The molecule has 0 aliphatic carbocycles. The van der Waals surface area contributed by atoms with Crippen LogP contribution < -0.4 is 0 Å². The molecular formula is C19H10N2O2. The fourth-order valence-corrected chi connectivity index (χ4v) is 2.24. The zero-order valence-corrected chi connectivity index (χ0v) is 12.0. The zero-order chi connectivity index (χ0) is 16.2. The van der Waals surface area contributed by atoms with Gasteiger partial charge in [0.1, 0.15) is 5.76 Å². The van der Waals surface area contributed by atoms with Crippen LogP contribution in [-0.2, 0) is 9.53 Å². The molecule has 0 bridgehead atoms. The molecule has 4 nitrogen and oxygen atoms in total. The van der Waals surface area contributed by atoms with E-state index in [1.54, 1.807) is 54.6 Å². The molecule has 0 amide bonds. The van der Waals surface area contributed by atoms with Crippen LogP contribution in [0, 0.1) is 22.7 Å². The van der Waals surface area contributed by atoms with E-state index in [1.807, 2.05) is 0 Å². The number of esters is 1. The Kier molecular flexibility index (Phi) is 3.74. The van der Waals surface area contributed by atoms with Crippen LogP contribution in [0.1, 0.15) is 22.3 Å². The third-order valence-electron chi connectivity index (χ3n) is 3.40. The number of rotatable bonds is 2. The average Bonchev–Trinajstić information content (AvgIpc) is 2.96. The first-order valence-corrected chi connectivity index (χ1v) is 6.86. The second-order valence-electron chi connectivity index (χ2n) is 4.91. The van der Waals surface area contributed by atoms with Crippen molar-refractivity contribution in [3.05, 3.63) is 82.6 Å². The monoisotopic (exact) mass is 298 g/mol. The van der Waals surface area contributed by atoms with Gasteiger partial charge in [0.15, 0.2) is 0 Å². The van der Waals surface area contributed by atoms with Crippen LogP contribution in [0.4, 0.5) is 0 Å². The molecule has 0 saturated carbocycles. The SMILES string of the molecule is N#Cc1ccc(/C=C2\OC(=O)C=C2c2ccc(C#N)cc2)cc1. The lowest BCUT2D eigenvalue weighted by molar-refractivity contribution is -0.132. The van der Waals surface area contributed by atoms with Crippen LogP contribution in [0.5, 0.6) is 0 Å². The van der Waals surface area contributed by atoms with Crippen LogP contribution in [-0.4, -0.2) is 5.97 Å². The van der Waals surface area contributed by atoms with Crippen molar-refractivity contribution in [2.75, 3.05) is 0 Å². The number of hydrogen-bond donors (Lipinski definition) is 0. The van der Waals surface area contributed by atoms with E-state index in [2.05, 4.69) is 12.1 Å². The van der Waals surface area contributed by atoms with Crippen LogP contribution >= 0.6 is 0 Å². The summed E-state index contributed by atoms with van der Waals surface area (Å²) >= 11 is 0. The minimum absolute atomic E-state index is 0.427. The molecule has 0 radical (unpaired) electrons. The minimum atomic E-state index is -0.427. The maximum absolute atomic E-state index is 11.6. The highest BCUT2D eigenvalue weighted by Crippen LogP contribution is 2.31. The summed E-state index contributed by atoms with van der Waals surface area (Å²) in [6.45, 7) is 0. The van der Waals surface area contributed by atoms with Gasteiger partial charge in [-0.1, -0.05) is 24.3 Å². The van der Waals surface area contributed by atoms with Crippen molar-refractivity contribution in [2.45, 2.75) is 0 Å². The van der Waals surface area contributed by atoms with E-state index in [9.17, 15) is 4.79 Å². The predicted octanol–water partition coefficient (Wildman–Crippen LogP) is 3.41. The van der Waals surface area contributed by atoms with Crippen LogP contribution in [0.25, 0.3) is 11.6 Å². The highest BCUT2D eigenvalue weighted by atomic mass is 16.5. The van der Waals surface area contributed by atoms with Gasteiger partial charge in [-0.3, -0.25) is 0 Å². The Morgan fingerprint density at radius 3 is 2.00 bits per heavy atom. The van der Waals surface area contributed by atoms with Crippen molar-refractivity contribution in [3.8, 4) is 12.1 Å². The van der Waals surface area contributed by atoms with Crippen molar-refractivity contribution in [1.29, 1.82) is 10.5 Å². The van der Waals surface area contributed by atoms with Gasteiger partial charge in [0.2, 0.25) is 0 Å². The third kappa shape index (κ3) is 3.02. The molecule has 2 aromatic carbocycles. The summed E-state index contributed by atoms with van der Waals surface area (Å²) in [7, 11) is 0. The Labute approximate surface area is 133 Å². The number of nitriles is 2. The lowest BCUT2D eigenvalue weighted by Gasteiger charge is -2.05. The second-order valence-corrected chi connectivity index (χ2v) is 4.91. The topological polar surface area (TPSA) is 73.9 Å². The van der Waals surface area contributed by atoms with Crippen LogP contribution in [0.3, 0.4) is 0 Å². The molecule has 1 aliphatic rings. The van der Waals surface area contributed by atoms with Crippen molar-refractivity contribution < 1.29 is 9.53 Å². The number of carbonyl (C=O) groups is 1. The van der Waals surface area contributed by atoms with E-state index < -0.39 is 5.97 Å². The zero-order valence-electron chi connectivity index (χ0n) is 12.0. The molecule has 4 heteroatoms. The Morgan fingerprint density at radius 2 is 1.43 bits per heavy atom. The van der Waals surface area contributed by atoms with Gasteiger partial charge in [-0.05, 0) is 41.5 Å². The van der Waals surface area contributed by atoms with Crippen molar-refractivity contribution in [2.24, 2.45) is 0 Å². The molecule has 108 valence electrons. The quantitative estimate of drug-likeness (QED) is 0.796. The summed E-state index contributed by atoms with van der Waals surface area (Å²) in [5.41, 5.74) is 3.42. The number of allylic oxidation sites excluding steroid dienone is 1. The number of benzene rings is 2. The van der Waals surface area contributed by atoms with Gasteiger partial charge in [0, 0.05) is 11.6 Å². The first-order chi connectivity index (χ1) is 11.2. The molecule has 0 saturated heterocycles. The number of hydrogen-bond acceptors (Lipinski definition) is 4. The molecule has 0 fully saturated rings. The number of cyclic esters (lactones) is 1. The molecular weight excluding hydrogens is 288 g/mol. The largest absolute Gasteiger partial charge is 0.423 e. The molecule has 0 spiro atoms. The standard InChI is InChI=1S/C19H10N2O2/c20-11-14-3-1-13(2-4-14)9-18-17(10-19(22)23-18)16-7-5-15(12-21)6-8-16/h1-10H/b18-9-. The molecule has 0 unspecified atom stereocenters. The summed E-state index contributed by atoms with van der Waals surface area (Å²) in [6.07, 6.45) is 3.17. The normalized spacial score (nSPS) is 14.8. The Bertz CT molecular complexity index is 906. The average molecular weight is 298 g/mol.